The summed E-state index contributed by atoms with van der Waals surface area (Å²) >= 11 is 3.67. The highest BCUT2D eigenvalue weighted by Crippen LogP contribution is 2.45. The lowest BCUT2D eigenvalue weighted by molar-refractivity contribution is 1.08. The van der Waals surface area contributed by atoms with E-state index in [0.717, 1.165) is 49.9 Å². The van der Waals surface area contributed by atoms with Crippen LogP contribution < -0.4 is 0 Å². The first-order chi connectivity index (χ1) is 37.1. The van der Waals surface area contributed by atoms with Crippen LogP contribution in [-0.4, -0.2) is 19.5 Å². The van der Waals surface area contributed by atoms with Crippen LogP contribution in [-0.2, 0) is 0 Å². The molecule has 0 aliphatic heterocycles. The van der Waals surface area contributed by atoms with Gasteiger partial charge in [0.05, 0.1) is 16.7 Å². The molecule has 4 aromatic heterocycles. The number of rotatable bonds is 8. The Morgan fingerprint density at radius 3 is 1.45 bits per heavy atom. The zero-order valence-electron chi connectivity index (χ0n) is 40.4. The van der Waals surface area contributed by atoms with Gasteiger partial charge in [0.1, 0.15) is 0 Å². The largest absolute Gasteiger partial charge is 0.309 e. The number of thiophene rings is 2. The number of hydrogen-bond donors (Lipinski definition) is 0. The molecule has 0 N–H and O–H groups in total. The number of nitrogens with zero attached hydrogens (tertiary/aromatic N) is 4. The van der Waals surface area contributed by atoms with Crippen molar-refractivity contribution in [3.05, 3.63) is 255 Å². The van der Waals surface area contributed by atoms with E-state index in [1.807, 2.05) is 40.9 Å². The van der Waals surface area contributed by atoms with Crippen molar-refractivity contribution in [2.75, 3.05) is 0 Å². The third kappa shape index (κ3) is 7.45. The van der Waals surface area contributed by atoms with E-state index < -0.39 is 0 Å². The van der Waals surface area contributed by atoms with Crippen molar-refractivity contribution in [2.45, 2.75) is 0 Å². The van der Waals surface area contributed by atoms with Crippen molar-refractivity contribution in [3.8, 4) is 84.4 Å². The van der Waals surface area contributed by atoms with E-state index in [9.17, 15) is 0 Å². The summed E-state index contributed by atoms with van der Waals surface area (Å²) in [6.07, 6.45) is 0. The molecular formula is C69H42N4S2. The van der Waals surface area contributed by atoms with E-state index in [1.165, 1.54) is 79.1 Å². The summed E-state index contributed by atoms with van der Waals surface area (Å²) in [4.78, 5) is 15.9. The normalized spacial score (nSPS) is 11.7. The lowest BCUT2D eigenvalue weighted by Crippen LogP contribution is -2.00. The molecule has 0 saturated heterocycles. The molecule has 4 heterocycles. The second-order valence-electron chi connectivity index (χ2n) is 19.1. The van der Waals surface area contributed by atoms with Crippen LogP contribution in [0.1, 0.15) is 0 Å². The van der Waals surface area contributed by atoms with Crippen molar-refractivity contribution in [3.63, 3.8) is 0 Å². The van der Waals surface area contributed by atoms with E-state index >= 15 is 0 Å². The highest BCUT2D eigenvalue weighted by molar-refractivity contribution is 7.26. The molecule has 75 heavy (non-hydrogen) atoms. The third-order valence-electron chi connectivity index (χ3n) is 14.6. The molecule has 15 aromatic rings. The average molecular weight is 991 g/mol. The van der Waals surface area contributed by atoms with Gasteiger partial charge >= 0.3 is 0 Å². The number of fused-ring (bicyclic) bond motifs is 9. The van der Waals surface area contributed by atoms with Gasteiger partial charge in [-0.1, -0.05) is 176 Å². The second-order valence-corrected chi connectivity index (χ2v) is 21.3. The molecule has 4 nitrogen and oxygen atoms in total. The van der Waals surface area contributed by atoms with E-state index in [4.69, 9.17) is 15.0 Å². The lowest BCUT2D eigenvalue weighted by Gasteiger charge is -2.13. The van der Waals surface area contributed by atoms with Crippen LogP contribution in [0.3, 0.4) is 0 Å². The number of hydrogen-bond acceptors (Lipinski definition) is 5. The number of aromatic nitrogens is 4. The molecule has 0 aliphatic carbocycles. The van der Waals surface area contributed by atoms with E-state index in [0.29, 0.717) is 17.5 Å². The Labute approximate surface area is 440 Å². The molecule has 0 amide bonds. The van der Waals surface area contributed by atoms with Crippen LogP contribution in [0, 0.1) is 0 Å². The predicted octanol–water partition coefficient (Wildman–Crippen LogP) is 19.4. The molecule has 0 bridgehead atoms. The summed E-state index contributed by atoms with van der Waals surface area (Å²) < 4.78 is 7.47. The van der Waals surface area contributed by atoms with Gasteiger partial charge < -0.3 is 4.57 Å². The molecule has 11 aromatic carbocycles. The minimum Gasteiger partial charge on any atom is -0.309 e. The Hall–Kier alpha value is -9.33. The van der Waals surface area contributed by atoms with Gasteiger partial charge in [0, 0.05) is 67.8 Å². The fourth-order valence-electron chi connectivity index (χ4n) is 11.1. The lowest BCUT2D eigenvalue weighted by atomic mass is 9.93. The molecule has 15 rings (SSSR count). The van der Waals surface area contributed by atoms with Crippen molar-refractivity contribution >= 4 is 84.8 Å². The van der Waals surface area contributed by atoms with Crippen LogP contribution in [0.2, 0.25) is 0 Å². The number of benzene rings is 11. The van der Waals surface area contributed by atoms with Crippen LogP contribution >= 0.6 is 22.7 Å². The topological polar surface area (TPSA) is 43.6 Å². The van der Waals surface area contributed by atoms with Crippen molar-refractivity contribution < 1.29 is 0 Å². The van der Waals surface area contributed by atoms with Crippen molar-refractivity contribution in [1.82, 2.24) is 19.5 Å². The SMILES string of the molecule is c1ccc(-c2cc(-c3ccccc3)cc(-c3cccc(-c4nc(-c5ccccc5)nc(-c5cccc6sc7ccc(-c8ccc9c(c8)c8ccccc8n9-c8cccc9sc%10ccccc%10c89)cc7c56)n4)c3)c2)cc1. The monoisotopic (exact) mass is 990 g/mol. The minimum absolute atomic E-state index is 0.622. The summed E-state index contributed by atoms with van der Waals surface area (Å²) in [5.74, 6) is 1.89. The zero-order valence-corrected chi connectivity index (χ0v) is 42.0. The molecule has 6 heteroatoms. The van der Waals surface area contributed by atoms with Gasteiger partial charge in [-0.05, 0) is 123 Å². The predicted molar refractivity (Wildman–Crippen MR) is 318 cm³/mol. The zero-order chi connectivity index (χ0) is 49.4. The first-order valence-corrected chi connectivity index (χ1v) is 26.9. The second kappa shape index (κ2) is 17.7. The summed E-state index contributed by atoms with van der Waals surface area (Å²) in [6, 6.07) is 91.7. The maximum Gasteiger partial charge on any atom is 0.164 e. The highest BCUT2D eigenvalue weighted by Gasteiger charge is 2.21. The first kappa shape index (κ1) is 43.3. The standard InChI is InChI=1S/C69H42N4S2/c1-4-17-43(18-5-1)50-38-51(44-19-6-2-7-20-44)40-52(39-50)46-23-14-24-49(37-46)68-70-67(45-21-8-3-9-22-45)71-69(72-68)55-27-15-31-63-65(55)57-42-48(34-36-62(57)75-63)47-33-35-59-56(41-47)53-25-10-12-28-58(53)73(59)60-29-16-32-64-66(60)54-26-11-13-30-61(54)74-64/h1-42H. The Bertz CT molecular complexity index is 4650. The van der Waals surface area contributed by atoms with Crippen molar-refractivity contribution in [2.24, 2.45) is 0 Å². The smallest absolute Gasteiger partial charge is 0.164 e. The summed E-state index contributed by atoms with van der Waals surface area (Å²) in [5.41, 5.74) is 15.6. The Balaban J connectivity index is 0.866. The van der Waals surface area contributed by atoms with Crippen LogP contribution in [0.4, 0.5) is 0 Å². The van der Waals surface area contributed by atoms with Gasteiger partial charge in [-0.3, -0.25) is 0 Å². The van der Waals surface area contributed by atoms with Gasteiger partial charge in [0.2, 0.25) is 0 Å². The molecule has 0 saturated carbocycles. The molecule has 0 spiro atoms. The summed E-state index contributed by atoms with van der Waals surface area (Å²) in [6.45, 7) is 0. The van der Waals surface area contributed by atoms with Crippen LogP contribution in [0.5, 0.6) is 0 Å². The van der Waals surface area contributed by atoms with Gasteiger partial charge in [0.25, 0.3) is 0 Å². The maximum atomic E-state index is 5.38. The number of para-hydroxylation sites is 1. The molecule has 0 radical (unpaired) electrons. The van der Waals surface area contributed by atoms with E-state index in [1.54, 1.807) is 0 Å². The first-order valence-electron chi connectivity index (χ1n) is 25.2. The Kier molecular flexibility index (Phi) is 10.2. The van der Waals surface area contributed by atoms with Gasteiger partial charge in [-0.15, -0.1) is 22.7 Å². The quantitative estimate of drug-likeness (QED) is 0.152. The fraction of sp³-hybridized carbons (Fsp3) is 0. The van der Waals surface area contributed by atoms with Crippen LogP contribution in [0.15, 0.2) is 255 Å². The third-order valence-corrected chi connectivity index (χ3v) is 16.9. The van der Waals surface area contributed by atoms with Crippen molar-refractivity contribution in [1.29, 1.82) is 0 Å². The molecule has 0 atom stereocenters. The molecule has 0 aliphatic rings. The minimum atomic E-state index is 0.622. The highest BCUT2D eigenvalue weighted by atomic mass is 32.1. The fourth-order valence-corrected chi connectivity index (χ4v) is 13.4. The molecule has 0 fully saturated rings. The summed E-state index contributed by atoms with van der Waals surface area (Å²) in [7, 11) is 0. The molecular weight excluding hydrogens is 949 g/mol. The van der Waals surface area contributed by atoms with Crippen LogP contribution in [0.25, 0.3) is 147 Å². The maximum absolute atomic E-state index is 5.38. The molecule has 350 valence electrons. The van der Waals surface area contributed by atoms with Gasteiger partial charge in [-0.2, -0.15) is 0 Å². The van der Waals surface area contributed by atoms with E-state index in [2.05, 4.69) is 241 Å². The Morgan fingerprint density at radius 1 is 0.253 bits per heavy atom. The van der Waals surface area contributed by atoms with E-state index in [-0.39, 0.29) is 0 Å². The van der Waals surface area contributed by atoms with Gasteiger partial charge in [0.15, 0.2) is 17.5 Å². The molecule has 0 unspecified atom stereocenters. The summed E-state index contributed by atoms with van der Waals surface area (Å²) in [5, 5.41) is 7.38. The average Bonchev–Trinajstić information content (AvgIpc) is 4.19. The van der Waals surface area contributed by atoms with Gasteiger partial charge in [-0.25, -0.2) is 15.0 Å². The Morgan fingerprint density at radius 2 is 0.720 bits per heavy atom.